The van der Waals surface area contributed by atoms with Gasteiger partial charge in [0.15, 0.2) is 0 Å². The molecule has 2 rings (SSSR count). The molecule has 1 aromatic heterocycles. The van der Waals surface area contributed by atoms with Crippen LogP contribution in [-0.4, -0.2) is 16.2 Å². The Bertz CT molecular complexity index is 272. The number of aromatic amines is 1. The molecule has 1 fully saturated rings. The molecule has 78 valence electrons. The van der Waals surface area contributed by atoms with E-state index in [1.807, 2.05) is 6.20 Å². The summed E-state index contributed by atoms with van der Waals surface area (Å²) in [6.07, 6.45) is 10.1. The van der Waals surface area contributed by atoms with Crippen LogP contribution in [-0.2, 0) is 0 Å². The first kappa shape index (κ1) is 9.56. The van der Waals surface area contributed by atoms with Crippen LogP contribution in [0.5, 0.6) is 0 Å². The number of nitrogens with one attached hydrogen (secondary N) is 2. The van der Waals surface area contributed by atoms with Gasteiger partial charge in [-0.3, -0.25) is 5.10 Å². The molecule has 14 heavy (non-hydrogen) atoms. The molecule has 0 saturated heterocycles. The predicted octanol–water partition coefficient (Wildman–Crippen LogP) is 2.85. The van der Waals surface area contributed by atoms with E-state index in [2.05, 4.69) is 22.4 Å². The first-order valence-electron chi connectivity index (χ1n) is 5.63. The number of H-pyrrole nitrogens is 1. The molecular formula is C11H19N3. The van der Waals surface area contributed by atoms with Gasteiger partial charge in [-0.25, -0.2) is 0 Å². The highest BCUT2D eigenvalue weighted by molar-refractivity contribution is 5.45. The Labute approximate surface area is 85.3 Å². The number of hydrogen-bond donors (Lipinski definition) is 2. The van der Waals surface area contributed by atoms with E-state index in [1.54, 1.807) is 0 Å². The molecule has 0 aromatic carbocycles. The number of aryl methyl sites for hydroxylation is 1. The van der Waals surface area contributed by atoms with Gasteiger partial charge in [0.2, 0.25) is 0 Å². The van der Waals surface area contributed by atoms with E-state index >= 15 is 0 Å². The molecule has 1 heterocycles. The monoisotopic (exact) mass is 193 g/mol. The van der Waals surface area contributed by atoms with Crippen molar-refractivity contribution in [3.63, 3.8) is 0 Å². The fraction of sp³-hybridized carbons (Fsp3) is 0.727. The van der Waals surface area contributed by atoms with Crippen molar-refractivity contribution in [1.82, 2.24) is 10.2 Å². The zero-order chi connectivity index (χ0) is 9.80. The molecule has 1 saturated carbocycles. The zero-order valence-electron chi connectivity index (χ0n) is 8.84. The predicted molar refractivity (Wildman–Crippen MR) is 58.4 cm³/mol. The highest BCUT2D eigenvalue weighted by Gasteiger charge is 2.12. The van der Waals surface area contributed by atoms with Crippen molar-refractivity contribution >= 4 is 5.69 Å². The summed E-state index contributed by atoms with van der Waals surface area (Å²) in [4.78, 5) is 0. The molecular weight excluding hydrogens is 174 g/mol. The third-order valence-electron chi connectivity index (χ3n) is 3.04. The normalized spacial score (nSPS) is 19.2. The number of anilines is 1. The Morgan fingerprint density at radius 2 is 2.00 bits per heavy atom. The number of aromatic nitrogens is 2. The summed E-state index contributed by atoms with van der Waals surface area (Å²) >= 11 is 0. The maximum Gasteiger partial charge on any atom is 0.0755 e. The standard InChI is InChI=1S/C11H19N3/c1-9-11(8-12-14-9)13-10-6-4-2-3-5-7-10/h8,10,13H,2-7H2,1H3,(H,12,14). The Kier molecular flexibility index (Phi) is 3.07. The molecule has 2 N–H and O–H groups in total. The molecule has 3 heteroatoms. The van der Waals surface area contributed by atoms with Crippen LogP contribution in [0, 0.1) is 6.92 Å². The van der Waals surface area contributed by atoms with E-state index in [9.17, 15) is 0 Å². The highest BCUT2D eigenvalue weighted by Crippen LogP contribution is 2.21. The molecule has 0 unspecified atom stereocenters. The van der Waals surface area contributed by atoms with Crippen molar-refractivity contribution in [3.8, 4) is 0 Å². The van der Waals surface area contributed by atoms with Gasteiger partial charge in [-0.15, -0.1) is 0 Å². The van der Waals surface area contributed by atoms with Crippen molar-refractivity contribution in [3.05, 3.63) is 11.9 Å². The molecule has 0 bridgehead atoms. The summed E-state index contributed by atoms with van der Waals surface area (Å²) in [6, 6.07) is 0.661. The van der Waals surface area contributed by atoms with E-state index < -0.39 is 0 Å². The van der Waals surface area contributed by atoms with Crippen molar-refractivity contribution < 1.29 is 0 Å². The van der Waals surface area contributed by atoms with Crippen molar-refractivity contribution in [2.45, 2.75) is 51.5 Å². The fourth-order valence-electron chi connectivity index (χ4n) is 2.14. The van der Waals surface area contributed by atoms with Gasteiger partial charge >= 0.3 is 0 Å². The number of nitrogens with zero attached hydrogens (tertiary/aromatic N) is 1. The Hall–Kier alpha value is -0.990. The third kappa shape index (κ3) is 2.28. The van der Waals surface area contributed by atoms with Gasteiger partial charge in [0.25, 0.3) is 0 Å². The summed E-state index contributed by atoms with van der Waals surface area (Å²) in [7, 11) is 0. The lowest BCUT2D eigenvalue weighted by molar-refractivity contribution is 0.619. The smallest absolute Gasteiger partial charge is 0.0755 e. The van der Waals surface area contributed by atoms with Crippen LogP contribution in [0.2, 0.25) is 0 Å². The van der Waals surface area contributed by atoms with Gasteiger partial charge in [0.05, 0.1) is 17.6 Å². The van der Waals surface area contributed by atoms with Crippen molar-refractivity contribution in [2.75, 3.05) is 5.32 Å². The van der Waals surface area contributed by atoms with Gasteiger partial charge in [-0.2, -0.15) is 5.10 Å². The largest absolute Gasteiger partial charge is 0.380 e. The number of hydrogen-bond acceptors (Lipinski definition) is 2. The maximum atomic E-state index is 4.02. The molecule has 3 nitrogen and oxygen atoms in total. The second-order valence-electron chi connectivity index (χ2n) is 4.24. The van der Waals surface area contributed by atoms with Gasteiger partial charge < -0.3 is 5.32 Å². The van der Waals surface area contributed by atoms with E-state index in [4.69, 9.17) is 0 Å². The number of rotatable bonds is 2. The maximum absolute atomic E-state index is 4.02. The molecule has 0 spiro atoms. The fourth-order valence-corrected chi connectivity index (χ4v) is 2.14. The second kappa shape index (κ2) is 4.49. The Morgan fingerprint density at radius 3 is 2.57 bits per heavy atom. The van der Waals surface area contributed by atoms with Crippen LogP contribution in [0.15, 0.2) is 6.20 Å². The van der Waals surface area contributed by atoms with E-state index in [0.717, 1.165) is 5.69 Å². The van der Waals surface area contributed by atoms with Gasteiger partial charge in [-0.05, 0) is 19.8 Å². The summed E-state index contributed by atoms with van der Waals surface area (Å²) in [5.41, 5.74) is 2.33. The molecule has 0 amide bonds. The minimum atomic E-state index is 0.661. The summed E-state index contributed by atoms with van der Waals surface area (Å²) in [5, 5.41) is 10.6. The molecule has 1 aliphatic carbocycles. The van der Waals surface area contributed by atoms with Crippen LogP contribution in [0.3, 0.4) is 0 Å². The summed E-state index contributed by atoms with van der Waals surface area (Å²) < 4.78 is 0. The Balaban J connectivity index is 1.92. The topological polar surface area (TPSA) is 40.7 Å². The lowest BCUT2D eigenvalue weighted by atomic mass is 10.1. The summed E-state index contributed by atoms with van der Waals surface area (Å²) in [6.45, 7) is 2.06. The quantitative estimate of drug-likeness (QED) is 0.709. The lowest BCUT2D eigenvalue weighted by Gasteiger charge is -2.16. The molecule has 1 aromatic rings. The molecule has 0 atom stereocenters. The second-order valence-corrected chi connectivity index (χ2v) is 4.24. The molecule has 1 aliphatic rings. The minimum Gasteiger partial charge on any atom is -0.380 e. The summed E-state index contributed by atoms with van der Waals surface area (Å²) in [5.74, 6) is 0. The average Bonchev–Trinajstić information content (AvgIpc) is 2.44. The van der Waals surface area contributed by atoms with Gasteiger partial charge in [0, 0.05) is 6.04 Å². The van der Waals surface area contributed by atoms with Crippen molar-refractivity contribution in [1.29, 1.82) is 0 Å². The van der Waals surface area contributed by atoms with Crippen LogP contribution in [0.1, 0.15) is 44.2 Å². The van der Waals surface area contributed by atoms with Gasteiger partial charge in [-0.1, -0.05) is 25.7 Å². The van der Waals surface area contributed by atoms with E-state index in [1.165, 1.54) is 44.2 Å². The first-order valence-corrected chi connectivity index (χ1v) is 5.63. The minimum absolute atomic E-state index is 0.661. The van der Waals surface area contributed by atoms with Crippen LogP contribution >= 0.6 is 0 Å². The van der Waals surface area contributed by atoms with Crippen LogP contribution < -0.4 is 5.32 Å². The average molecular weight is 193 g/mol. The Morgan fingerprint density at radius 1 is 1.29 bits per heavy atom. The van der Waals surface area contributed by atoms with E-state index in [-0.39, 0.29) is 0 Å². The molecule has 0 aliphatic heterocycles. The zero-order valence-corrected chi connectivity index (χ0v) is 8.84. The highest BCUT2D eigenvalue weighted by atomic mass is 15.1. The first-order chi connectivity index (χ1) is 6.86. The molecule has 0 radical (unpaired) electrons. The van der Waals surface area contributed by atoms with Crippen LogP contribution in [0.4, 0.5) is 5.69 Å². The lowest BCUT2D eigenvalue weighted by Crippen LogP contribution is -2.18. The van der Waals surface area contributed by atoms with Crippen molar-refractivity contribution in [2.24, 2.45) is 0 Å². The SMILES string of the molecule is Cc1[nH]ncc1NC1CCCCCC1. The van der Waals surface area contributed by atoms with Gasteiger partial charge in [0.1, 0.15) is 0 Å². The van der Waals surface area contributed by atoms with E-state index in [0.29, 0.717) is 6.04 Å². The van der Waals surface area contributed by atoms with Crippen LogP contribution in [0.25, 0.3) is 0 Å². The third-order valence-corrected chi connectivity index (χ3v) is 3.04.